The van der Waals surface area contributed by atoms with Crippen LogP contribution in [0, 0.1) is 0 Å². The summed E-state index contributed by atoms with van der Waals surface area (Å²) in [5.41, 5.74) is 3.29. The van der Waals surface area contributed by atoms with Gasteiger partial charge in [-0.15, -0.1) is 0 Å². The fourth-order valence-electron chi connectivity index (χ4n) is 3.66. The lowest BCUT2D eigenvalue weighted by Gasteiger charge is -2.29. The lowest BCUT2D eigenvalue weighted by atomic mass is 10.0. The molecule has 0 unspecified atom stereocenters. The molecule has 5 rings (SSSR count). The Morgan fingerprint density at radius 1 is 0.771 bits per heavy atom. The van der Waals surface area contributed by atoms with E-state index in [2.05, 4.69) is 10.3 Å². The van der Waals surface area contributed by atoms with Crippen molar-refractivity contribution in [3.63, 3.8) is 0 Å². The van der Waals surface area contributed by atoms with Gasteiger partial charge in [-0.3, -0.25) is 24.8 Å². The van der Waals surface area contributed by atoms with Crippen molar-refractivity contribution in [1.29, 1.82) is 0 Å². The zero-order valence-electron chi connectivity index (χ0n) is 18.4. The summed E-state index contributed by atoms with van der Waals surface area (Å²) in [5.74, 6) is 0.300. The normalized spacial score (nSPS) is 14.7. The first-order valence-electron chi connectivity index (χ1n) is 10.8. The smallest absolute Gasteiger partial charge is 0.270 e. The van der Waals surface area contributed by atoms with Crippen molar-refractivity contribution in [3.8, 4) is 22.6 Å². The average Bonchev–Trinajstić information content (AvgIpc) is 2.89. The molecule has 1 saturated heterocycles. The van der Waals surface area contributed by atoms with Gasteiger partial charge in [0.2, 0.25) is 0 Å². The van der Waals surface area contributed by atoms with Gasteiger partial charge in [-0.05, 0) is 83.5 Å². The predicted octanol–water partition coefficient (Wildman–Crippen LogP) is 5.37. The van der Waals surface area contributed by atoms with Gasteiger partial charge in [0.15, 0.2) is 5.11 Å². The van der Waals surface area contributed by atoms with Crippen molar-refractivity contribution < 1.29 is 14.3 Å². The number of carbonyl (C=O) groups excluding carboxylic acids is 2. The summed E-state index contributed by atoms with van der Waals surface area (Å²) in [5, 5.41) is 2.64. The highest BCUT2D eigenvalue weighted by Gasteiger charge is 2.34. The van der Waals surface area contributed by atoms with Gasteiger partial charge in [0.05, 0.1) is 5.69 Å². The molecule has 3 aromatic carbocycles. The lowest BCUT2D eigenvalue weighted by molar-refractivity contribution is -0.122. The van der Waals surface area contributed by atoms with Gasteiger partial charge in [0.25, 0.3) is 11.8 Å². The number of aromatic nitrogens is 1. The van der Waals surface area contributed by atoms with Crippen LogP contribution < -0.4 is 15.0 Å². The number of para-hydroxylation sites is 1. The van der Waals surface area contributed by atoms with E-state index in [1.165, 1.54) is 4.90 Å². The Balaban J connectivity index is 1.38. The third-order valence-corrected chi connectivity index (χ3v) is 5.70. The lowest BCUT2D eigenvalue weighted by Crippen LogP contribution is -2.54. The van der Waals surface area contributed by atoms with Crippen molar-refractivity contribution in [2.45, 2.75) is 0 Å². The van der Waals surface area contributed by atoms with Crippen molar-refractivity contribution in [2.75, 3.05) is 4.90 Å². The van der Waals surface area contributed by atoms with E-state index in [1.807, 2.05) is 66.7 Å². The number of thiocarbonyl (C=S) groups is 1. The third-order valence-electron chi connectivity index (χ3n) is 5.41. The van der Waals surface area contributed by atoms with Crippen LogP contribution in [-0.4, -0.2) is 21.9 Å². The summed E-state index contributed by atoms with van der Waals surface area (Å²) in [4.78, 5) is 31.2. The molecule has 1 aliphatic rings. The summed E-state index contributed by atoms with van der Waals surface area (Å²) >= 11 is 5.30. The van der Waals surface area contributed by atoms with Gasteiger partial charge in [-0.25, -0.2) is 0 Å². The third kappa shape index (κ3) is 4.85. The van der Waals surface area contributed by atoms with E-state index in [9.17, 15) is 9.59 Å². The fourth-order valence-corrected chi connectivity index (χ4v) is 3.94. The Labute approximate surface area is 207 Å². The summed E-state index contributed by atoms with van der Waals surface area (Å²) in [6, 6.07) is 27.7. The molecular weight excluding hydrogens is 458 g/mol. The molecule has 170 valence electrons. The van der Waals surface area contributed by atoms with Gasteiger partial charge in [-0.2, -0.15) is 0 Å². The molecule has 0 saturated carbocycles. The topological polar surface area (TPSA) is 71.5 Å². The van der Waals surface area contributed by atoms with Crippen LogP contribution in [0.1, 0.15) is 5.56 Å². The minimum atomic E-state index is -0.529. The maximum atomic E-state index is 13.3. The molecule has 2 amide bonds. The SMILES string of the molecule is O=C1NC(=S)N(c2ccc(Oc3ccccc3)cc2)C(=O)/C1=C/c1ccc(-c2ccncc2)cc1. The molecule has 35 heavy (non-hydrogen) atoms. The number of carbonyl (C=O) groups is 2. The number of ether oxygens (including phenoxy) is 1. The molecule has 7 heteroatoms. The predicted molar refractivity (Wildman–Crippen MR) is 139 cm³/mol. The first-order valence-corrected chi connectivity index (χ1v) is 11.2. The van der Waals surface area contributed by atoms with Crippen molar-refractivity contribution in [1.82, 2.24) is 10.3 Å². The van der Waals surface area contributed by atoms with E-state index in [0.29, 0.717) is 17.2 Å². The molecule has 1 aliphatic heterocycles. The maximum Gasteiger partial charge on any atom is 0.270 e. The highest BCUT2D eigenvalue weighted by atomic mass is 32.1. The van der Waals surface area contributed by atoms with Gasteiger partial charge in [-0.1, -0.05) is 42.5 Å². The number of nitrogens with one attached hydrogen (secondary N) is 1. The number of amides is 2. The first-order chi connectivity index (χ1) is 17.1. The second kappa shape index (κ2) is 9.70. The monoisotopic (exact) mass is 477 g/mol. The Hall–Kier alpha value is -4.62. The Morgan fingerprint density at radius 3 is 2.09 bits per heavy atom. The van der Waals surface area contributed by atoms with Crippen molar-refractivity contribution in [2.24, 2.45) is 0 Å². The van der Waals surface area contributed by atoms with Gasteiger partial charge in [0.1, 0.15) is 17.1 Å². The molecular formula is C28H19N3O3S. The van der Waals surface area contributed by atoms with Crippen LogP contribution in [0.3, 0.4) is 0 Å². The average molecular weight is 478 g/mol. The molecule has 0 atom stereocenters. The van der Waals surface area contributed by atoms with Crippen molar-refractivity contribution >= 4 is 40.9 Å². The van der Waals surface area contributed by atoms with E-state index < -0.39 is 11.8 Å². The molecule has 0 radical (unpaired) electrons. The molecule has 4 aromatic rings. The van der Waals surface area contributed by atoms with E-state index >= 15 is 0 Å². The molecule has 1 aromatic heterocycles. The van der Waals surface area contributed by atoms with Crippen LogP contribution in [0.2, 0.25) is 0 Å². The molecule has 1 N–H and O–H groups in total. The number of rotatable bonds is 5. The molecule has 6 nitrogen and oxygen atoms in total. The Morgan fingerprint density at radius 2 is 1.40 bits per heavy atom. The maximum absolute atomic E-state index is 13.3. The van der Waals surface area contributed by atoms with Crippen LogP contribution >= 0.6 is 12.2 Å². The van der Waals surface area contributed by atoms with E-state index in [-0.39, 0.29) is 10.7 Å². The minimum Gasteiger partial charge on any atom is -0.457 e. The number of nitrogens with zero attached hydrogens (tertiary/aromatic N) is 2. The van der Waals surface area contributed by atoms with Gasteiger partial charge >= 0.3 is 0 Å². The first kappa shape index (κ1) is 22.2. The number of benzene rings is 3. The van der Waals surface area contributed by atoms with Crippen LogP contribution in [0.5, 0.6) is 11.5 Å². The summed E-state index contributed by atoms with van der Waals surface area (Å²) in [6.45, 7) is 0. The number of pyridine rings is 1. The molecule has 1 fully saturated rings. The van der Waals surface area contributed by atoms with Crippen LogP contribution in [-0.2, 0) is 9.59 Å². The second-order valence-corrected chi connectivity index (χ2v) is 8.11. The van der Waals surface area contributed by atoms with Crippen LogP contribution in [0.4, 0.5) is 5.69 Å². The number of hydrogen-bond donors (Lipinski definition) is 1. The molecule has 0 bridgehead atoms. The van der Waals surface area contributed by atoms with Gasteiger partial charge in [0, 0.05) is 12.4 Å². The van der Waals surface area contributed by atoms with E-state index in [1.54, 1.807) is 42.7 Å². The van der Waals surface area contributed by atoms with Crippen LogP contribution in [0.15, 0.2) is 109 Å². The van der Waals surface area contributed by atoms with E-state index in [0.717, 1.165) is 16.7 Å². The number of anilines is 1. The zero-order valence-corrected chi connectivity index (χ0v) is 19.2. The zero-order chi connectivity index (χ0) is 24.2. The summed E-state index contributed by atoms with van der Waals surface area (Å²) in [6.07, 6.45) is 5.03. The number of hydrogen-bond acceptors (Lipinski definition) is 5. The molecule has 2 heterocycles. The Bertz CT molecular complexity index is 1420. The quantitative estimate of drug-likeness (QED) is 0.238. The van der Waals surface area contributed by atoms with Crippen molar-refractivity contribution in [3.05, 3.63) is 115 Å². The van der Waals surface area contributed by atoms with E-state index in [4.69, 9.17) is 17.0 Å². The standard InChI is InChI=1S/C28H19N3O3S/c32-26-25(18-19-6-8-20(9-7-19)21-14-16-29-17-15-21)27(33)31(28(35)30-26)22-10-12-24(13-11-22)34-23-4-2-1-3-5-23/h1-18H,(H,30,32,35)/b25-18+. The fraction of sp³-hybridized carbons (Fsp3) is 0. The Kier molecular flexibility index (Phi) is 6.15. The highest BCUT2D eigenvalue weighted by molar-refractivity contribution is 7.80. The minimum absolute atomic E-state index is 0.000117. The summed E-state index contributed by atoms with van der Waals surface area (Å²) in [7, 11) is 0. The largest absolute Gasteiger partial charge is 0.457 e. The van der Waals surface area contributed by atoms with Gasteiger partial charge < -0.3 is 4.74 Å². The van der Waals surface area contributed by atoms with Crippen LogP contribution in [0.25, 0.3) is 17.2 Å². The molecule has 0 aliphatic carbocycles. The second-order valence-electron chi connectivity index (χ2n) is 7.72. The highest BCUT2D eigenvalue weighted by Crippen LogP contribution is 2.27. The summed E-state index contributed by atoms with van der Waals surface area (Å²) < 4.78 is 5.81. The molecule has 0 spiro atoms.